The molecule has 0 atom stereocenters. The van der Waals surface area contributed by atoms with Gasteiger partial charge in [-0.15, -0.1) is 5.10 Å². The first-order chi connectivity index (χ1) is 13.6. The molecule has 3 heterocycles. The van der Waals surface area contributed by atoms with Crippen molar-refractivity contribution in [3.8, 4) is 0 Å². The van der Waals surface area contributed by atoms with Crippen molar-refractivity contribution in [2.75, 3.05) is 0 Å². The van der Waals surface area contributed by atoms with Crippen LogP contribution < -0.4 is 5.73 Å². The first-order valence-electron chi connectivity index (χ1n) is 8.87. The van der Waals surface area contributed by atoms with Crippen molar-refractivity contribution < 1.29 is 4.79 Å². The summed E-state index contributed by atoms with van der Waals surface area (Å²) in [7, 11) is 1.80. The Balaban J connectivity index is 1.82. The lowest BCUT2D eigenvalue weighted by atomic mass is 9.90. The number of H-pyrrole nitrogens is 1. The Kier molecular flexibility index (Phi) is 4.56. The molecule has 0 saturated heterocycles. The van der Waals surface area contributed by atoms with Gasteiger partial charge in [-0.05, 0) is 58.2 Å². The number of aromatic nitrogens is 7. The summed E-state index contributed by atoms with van der Waals surface area (Å²) in [6.45, 7) is 2.06. The van der Waals surface area contributed by atoms with E-state index in [0.717, 1.165) is 39.9 Å². The summed E-state index contributed by atoms with van der Waals surface area (Å²) in [5.74, 6) is 1.08. The van der Waals surface area contributed by atoms with Crippen LogP contribution in [0.25, 0.3) is 10.9 Å². The number of tetrazole rings is 1. The average molecular weight is 375 g/mol. The van der Waals surface area contributed by atoms with Gasteiger partial charge in [0.2, 0.25) is 0 Å². The quantitative estimate of drug-likeness (QED) is 0.523. The highest BCUT2D eigenvalue weighted by Crippen LogP contribution is 2.29. The number of pyridine rings is 1. The molecule has 0 aliphatic carbocycles. The van der Waals surface area contributed by atoms with Crippen LogP contribution in [0, 0.1) is 5.92 Å². The first-order valence-corrected chi connectivity index (χ1v) is 8.87. The molecule has 0 aliphatic heterocycles. The lowest BCUT2D eigenvalue weighted by molar-refractivity contribution is 0.0997. The molecule has 0 saturated carbocycles. The Bertz CT molecular complexity index is 1130. The van der Waals surface area contributed by atoms with Crippen LogP contribution in [0.1, 0.15) is 39.9 Å². The maximum absolute atomic E-state index is 11.8. The van der Waals surface area contributed by atoms with Gasteiger partial charge in [0.1, 0.15) is 0 Å². The molecule has 4 rings (SSSR count). The zero-order valence-electron chi connectivity index (χ0n) is 15.5. The van der Waals surface area contributed by atoms with Gasteiger partial charge in [-0.3, -0.25) is 14.9 Å². The van der Waals surface area contributed by atoms with Crippen molar-refractivity contribution in [2.24, 2.45) is 12.8 Å². The normalized spacial score (nSPS) is 11.4. The Hall–Kier alpha value is -3.62. The number of hydrogen-bond acceptors (Lipinski definition) is 6. The molecule has 1 aromatic carbocycles. The fraction of sp³-hybridized carbons (Fsp3) is 0.211. The third-order valence-electron chi connectivity index (χ3n) is 4.73. The van der Waals surface area contributed by atoms with E-state index in [-0.39, 0.29) is 5.69 Å². The number of aromatic amines is 1. The van der Waals surface area contributed by atoms with Crippen LogP contribution in [0.5, 0.6) is 0 Å². The summed E-state index contributed by atoms with van der Waals surface area (Å²) in [5.41, 5.74) is 9.64. The van der Waals surface area contributed by atoms with Gasteiger partial charge in [-0.2, -0.15) is 5.10 Å². The molecule has 1 radical (unpaired) electrons. The zero-order chi connectivity index (χ0) is 19.7. The summed E-state index contributed by atoms with van der Waals surface area (Å²) in [6, 6.07) is 7.91. The maximum Gasteiger partial charge on any atom is 0.269 e. The summed E-state index contributed by atoms with van der Waals surface area (Å²) in [4.78, 5) is 15.9. The number of carbonyl (C=O) groups excluding carboxylic acids is 1. The largest absolute Gasteiger partial charge is 0.364 e. The number of nitrogens with one attached hydrogen (secondary N) is 1. The van der Waals surface area contributed by atoms with Gasteiger partial charge in [0.15, 0.2) is 11.5 Å². The fourth-order valence-corrected chi connectivity index (χ4v) is 3.38. The number of rotatable bonds is 6. The minimum Gasteiger partial charge on any atom is -0.364 e. The summed E-state index contributed by atoms with van der Waals surface area (Å²) in [6.07, 6.45) is 4.84. The van der Waals surface area contributed by atoms with E-state index < -0.39 is 5.91 Å². The van der Waals surface area contributed by atoms with Crippen molar-refractivity contribution >= 4 is 16.8 Å². The number of fused-ring (bicyclic) bond motifs is 1. The Labute approximate surface area is 161 Å². The van der Waals surface area contributed by atoms with Crippen LogP contribution in [0.3, 0.4) is 0 Å². The Morgan fingerprint density at radius 1 is 1.25 bits per heavy atom. The number of aryl methyl sites for hydroxylation is 2. The van der Waals surface area contributed by atoms with Crippen LogP contribution >= 0.6 is 0 Å². The number of carbonyl (C=O) groups is 1. The molecule has 9 heteroatoms. The van der Waals surface area contributed by atoms with Gasteiger partial charge in [0.05, 0.1) is 11.4 Å². The van der Waals surface area contributed by atoms with Gasteiger partial charge in [-0.25, -0.2) is 4.68 Å². The van der Waals surface area contributed by atoms with E-state index in [4.69, 9.17) is 5.73 Å². The van der Waals surface area contributed by atoms with E-state index >= 15 is 0 Å². The molecule has 1 amide bonds. The number of hydrogen-bond donors (Lipinski definition) is 2. The highest BCUT2D eigenvalue weighted by molar-refractivity contribution is 6.04. The number of nitrogens with two attached hydrogens (primary N) is 1. The first kappa shape index (κ1) is 17.8. The molecule has 0 fully saturated rings. The van der Waals surface area contributed by atoms with Crippen LogP contribution in [0.2, 0.25) is 0 Å². The van der Waals surface area contributed by atoms with Crippen molar-refractivity contribution in [2.45, 2.75) is 19.8 Å². The third-order valence-corrected chi connectivity index (χ3v) is 4.73. The van der Waals surface area contributed by atoms with E-state index in [1.54, 1.807) is 24.1 Å². The topological polar surface area (TPSA) is 128 Å². The number of benzene rings is 1. The van der Waals surface area contributed by atoms with E-state index in [0.29, 0.717) is 12.2 Å². The molecule has 0 bridgehead atoms. The summed E-state index contributed by atoms with van der Waals surface area (Å²) >= 11 is 0. The van der Waals surface area contributed by atoms with E-state index in [2.05, 4.69) is 43.7 Å². The van der Waals surface area contributed by atoms with Gasteiger partial charge < -0.3 is 5.73 Å². The van der Waals surface area contributed by atoms with Crippen molar-refractivity contribution in [3.05, 3.63) is 70.8 Å². The molecule has 3 N–H and O–H groups in total. The molecular formula is C19H19N8O. The van der Waals surface area contributed by atoms with Gasteiger partial charge in [0, 0.05) is 24.8 Å². The second kappa shape index (κ2) is 7.18. The van der Waals surface area contributed by atoms with Gasteiger partial charge in [-0.1, -0.05) is 13.0 Å². The lowest BCUT2D eigenvalue weighted by Crippen LogP contribution is -2.13. The second-order valence-electron chi connectivity index (χ2n) is 6.48. The molecule has 0 spiro atoms. The predicted molar refractivity (Wildman–Crippen MR) is 102 cm³/mol. The molecule has 141 valence electrons. The molecule has 0 aliphatic rings. The van der Waals surface area contributed by atoms with E-state index in [1.807, 2.05) is 18.2 Å². The fourth-order valence-electron chi connectivity index (χ4n) is 3.38. The van der Waals surface area contributed by atoms with Crippen LogP contribution in [-0.4, -0.2) is 41.3 Å². The smallest absolute Gasteiger partial charge is 0.269 e. The summed E-state index contributed by atoms with van der Waals surface area (Å²) < 4.78 is 1.64. The van der Waals surface area contributed by atoms with Gasteiger partial charge >= 0.3 is 0 Å². The molecular weight excluding hydrogens is 356 g/mol. The predicted octanol–water partition coefficient (Wildman–Crippen LogP) is 1.36. The van der Waals surface area contributed by atoms with E-state index in [1.165, 1.54) is 0 Å². The third kappa shape index (κ3) is 3.11. The molecule has 4 aromatic rings. The monoisotopic (exact) mass is 375 g/mol. The SMILES string of the molecule is CCc1cc(C[C](c2ccncc2)c2nnnn2C)cc2c(C(N)=O)n[nH]c12. The molecule has 28 heavy (non-hydrogen) atoms. The molecule has 0 unspecified atom stereocenters. The minimum atomic E-state index is -0.554. The lowest BCUT2D eigenvalue weighted by Gasteiger charge is -2.16. The minimum absolute atomic E-state index is 0.248. The average Bonchev–Trinajstić information content (AvgIpc) is 3.32. The van der Waals surface area contributed by atoms with E-state index in [9.17, 15) is 4.79 Å². The van der Waals surface area contributed by atoms with Gasteiger partial charge in [0.25, 0.3) is 5.91 Å². The zero-order valence-corrected chi connectivity index (χ0v) is 15.5. The molecule has 9 nitrogen and oxygen atoms in total. The Morgan fingerprint density at radius 3 is 2.68 bits per heavy atom. The maximum atomic E-state index is 11.8. The van der Waals surface area contributed by atoms with Crippen LogP contribution in [-0.2, 0) is 19.9 Å². The van der Waals surface area contributed by atoms with Crippen LogP contribution in [0.15, 0.2) is 36.7 Å². The molecule has 3 aromatic heterocycles. The highest BCUT2D eigenvalue weighted by Gasteiger charge is 2.23. The number of amides is 1. The Morgan fingerprint density at radius 2 is 2.04 bits per heavy atom. The second-order valence-corrected chi connectivity index (χ2v) is 6.48. The van der Waals surface area contributed by atoms with Crippen molar-refractivity contribution in [1.82, 2.24) is 35.4 Å². The summed E-state index contributed by atoms with van der Waals surface area (Å²) in [5, 5.41) is 19.7. The highest BCUT2D eigenvalue weighted by atomic mass is 16.1. The van der Waals surface area contributed by atoms with Crippen LogP contribution in [0.4, 0.5) is 0 Å². The van der Waals surface area contributed by atoms with Crippen molar-refractivity contribution in [3.63, 3.8) is 0 Å². The van der Waals surface area contributed by atoms with Crippen molar-refractivity contribution in [1.29, 1.82) is 0 Å². The number of primary amides is 1. The number of nitrogens with zero attached hydrogens (tertiary/aromatic N) is 6. The standard InChI is InChI=1S/C19H19N8O/c1-3-12-8-11(10-15-16(12)22-23-17(15)18(20)28)9-14(13-4-6-21-7-5-13)19-24-25-26-27(19)2/h4-8,10H,3,9H2,1-2H3,(H2,20,28)(H,22,23).